The molecule has 1 unspecified atom stereocenters. The Kier molecular flexibility index (Phi) is 3.89. The molecule has 0 amide bonds. The van der Waals surface area contributed by atoms with Crippen LogP contribution in [0.25, 0.3) is 0 Å². The Morgan fingerprint density at radius 2 is 2.32 bits per heavy atom. The molecule has 0 bridgehead atoms. The van der Waals surface area contributed by atoms with Crippen LogP contribution in [0, 0.1) is 5.41 Å². The first kappa shape index (κ1) is 14.0. The normalized spacial score (nSPS) is 23.4. The molecular formula is C13H21N3O3. The summed E-state index contributed by atoms with van der Waals surface area (Å²) in [6.07, 6.45) is 2.63. The summed E-state index contributed by atoms with van der Waals surface area (Å²) in [5.74, 6) is 0.388. The number of rotatable bonds is 4. The van der Waals surface area contributed by atoms with Gasteiger partial charge in [-0.3, -0.25) is 9.69 Å². The third-order valence-electron chi connectivity index (χ3n) is 3.77. The Hall–Kier alpha value is -1.43. The summed E-state index contributed by atoms with van der Waals surface area (Å²) in [7, 11) is 0. The minimum atomic E-state index is -0.778. The van der Waals surface area contributed by atoms with Gasteiger partial charge in [-0.25, -0.2) is 0 Å². The van der Waals surface area contributed by atoms with Crippen LogP contribution in [-0.4, -0.2) is 38.7 Å². The van der Waals surface area contributed by atoms with E-state index in [9.17, 15) is 9.90 Å². The predicted molar refractivity (Wildman–Crippen MR) is 68.5 cm³/mol. The Labute approximate surface area is 112 Å². The van der Waals surface area contributed by atoms with Crippen LogP contribution < -0.4 is 0 Å². The zero-order valence-electron chi connectivity index (χ0n) is 11.7. The van der Waals surface area contributed by atoms with E-state index in [2.05, 4.69) is 10.1 Å². The van der Waals surface area contributed by atoms with Gasteiger partial charge >= 0.3 is 5.97 Å². The quantitative estimate of drug-likeness (QED) is 0.894. The summed E-state index contributed by atoms with van der Waals surface area (Å²) in [5, 5.41) is 13.3. The van der Waals surface area contributed by atoms with E-state index in [0.717, 1.165) is 25.8 Å². The lowest BCUT2D eigenvalue weighted by Gasteiger charge is -2.43. The van der Waals surface area contributed by atoms with Crippen molar-refractivity contribution in [3.05, 3.63) is 11.7 Å². The molecule has 1 N–H and O–H groups in total. The number of piperidine rings is 1. The molecule has 1 aliphatic rings. The van der Waals surface area contributed by atoms with Gasteiger partial charge in [0.25, 0.3) is 0 Å². The van der Waals surface area contributed by atoms with Crippen molar-refractivity contribution in [2.45, 2.75) is 52.6 Å². The Morgan fingerprint density at radius 3 is 2.89 bits per heavy atom. The van der Waals surface area contributed by atoms with E-state index in [1.165, 1.54) is 0 Å². The lowest BCUT2D eigenvalue weighted by Crippen LogP contribution is -2.53. The van der Waals surface area contributed by atoms with Gasteiger partial charge in [-0.2, -0.15) is 4.98 Å². The second kappa shape index (κ2) is 5.28. The molecule has 0 spiro atoms. The molecule has 1 aromatic heterocycles. The minimum absolute atomic E-state index is 0.238. The molecule has 6 nitrogen and oxygen atoms in total. The van der Waals surface area contributed by atoms with Gasteiger partial charge in [0.1, 0.15) is 6.04 Å². The molecule has 1 fully saturated rings. The van der Waals surface area contributed by atoms with Crippen molar-refractivity contribution >= 4 is 5.97 Å². The summed E-state index contributed by atoms with van der Waals surface area (Å²) in [4.78, 5) is 17.7. The second-order valence-corrected chi connectivity index (χ2v) is 5.76. The van der Waals surface area contributed by atoms with Crippen LogP contribution >= 0.6 is 0 Å². The molecule has 0 saturated carbocycles. The fourth-order valence-corrected chi connectivity index (χ4v) is 2.83. The van der Waals surface area contributed by atoms with Crippen molar-refractivity contribution in [2.24, 2.45) is 5.41 Å². The van der Waals surface area contributed by atoms with E-state index in [1.54, 1.807) is 0 Å². The van der Waals surface area contributed by atoms with Crippen LogP contribution in [0.15, 0.2) is 4.52 Å². The first-order chi connectivity index (χ1) is 8.94. The number of carboxylic acid groups (broad SMARTS) is 1. The fourth-order valence-electron chi connectivity index (χ4n) is 2.83. The number of likely N-dealkylation sites (tertiary alicyclic amines) is 1. The van der Waals surface area contributed by atoms with Gasteiger partial charge in [0.15, 0.2) is 5.82 Å². The van der Waals surface area contributed by atoms with Gasteiger partial charge in [-0.05, 0) is 24.8 Å². The van der Waals surface area contributed by atoms with Crippen LogP contribution in [0.5, 0.6) is 0 Å². The van der Waals surface area contributed by atoms with E-state index in [-0.39, 0.29) is 5.41 Å². The maximum Gasteiger partial charge on any atom is 0.321 e. The van der Waals surface area contributed by atoms with Crippen molar-refractivity contribution in [1.82, 2.24) is 15.0 Å². The fraction of sp³-hybridized carbons (Fsp3) is 0.769. The van der Waals surface area contributed by atoms with E-state index in [0.29, 0.717) is 18.3 Å². The van der Waals surface area contributed by atoms with Crippen molar-refractivity contribution in [1.29, 1.82) is 0 Å². The summed E-state index contributed by atoms with van der Waals surface area (Å²) >= 11 is 0. The van der Waals surface area contributed by atoms with Crippen LogP contribution in [0.1, 0.15) is 45.3 Å². The summed E-state index contributed by atoms with van der Waals surface area (Å²) in [5.41, 5.74) is -0.238. The first-order valence-electron chi connectivity index (χ1n) is 6.72. The smallest absolute Gasteiger partial charge is 0.321 e. The maximum absolute atomic E-state index is 11.5. The number of carboxylic acids is 1. The third kappa shape index (κ3) is 2.94. The number of hydrogen-bond acceptors (Lipinski definition) is 5. The van der Waals surface area contributed by atoms with Crippen molar-refractivity contribution < 1.29 is 14.4 Å². The van der Waals surface area contributed by atoms with Gasteiger partial charge < -0.3 is 9.63 Å². The standard InChI is InChI=1S/C13H21N3O3/c1-4-9-14-10(19-15-9)8-16-7-5-6-13(2,3)11(16)12(17)18/h11H,4-8H2,1-3H3,(H,17,18). The van der Waals surface area contributed by atoms with E-state index >= 15 is 0 Å². The molecule has 19 heavy (non-hydrogen) atoms. The van der Waals surface area contributed by atoms with Crippen LogP contribution in [0.4, 0.5) is 0 Å². The average molecular weight is 267 g/mol. The van der Waals surface area contributed by atoms with Crippen LogP contribution in [-0.2, 0) is 17.8 Å². The monoisotopic (exact) mass is 267 g/mol. The highest BCUT2D eigenvalue weighted by Gasteiger charge is 2.42. The lowest BCUT2D eigenvalue weighted by molar-refractivity contribution is -0.151. The van der Waals surface area contributed by atoms with E-state index in [4.69, 9.17) is 4.52 Å². The van der Waals surface area contributed by atoms with E-state index < -0.39 is 12.0 Å². The molecule has 1 aromatic rings. The van der Waals surface area contributed by atoms with Gasteiger partial charge in [-0.1, -0.05) is 25.9 Å². The second-order valence-electron chi connectivity index (χ2n) is 5.76. The lowest BCUT2D eigenvalue weighted by atomic mass is 9.76. The molecule has 106 valence electrons. The molecule has 1 saturated heterocycles. The van der Waals surface area contributed by atoms with Crippen LogP contribution in [0.2, 0.25) is 0 Å². The molecule has 1 aliphatic heterocycles. The number of hydrogen-bond donors (Lipinski definition) is 1. The third-order valence-corrected chi connectivity index (χ3v) is 3.77. The summed E-state index contributed by atoms with van der Waals surface area (Å²) < 4.78 is 5.16. The SMILES string of the molecule is CCc1noc(CN2CCCC(C)(C)C2C(=O)O)n1. The molecule has 6 heteroatoms. The van der Waals surface area contributed by atoms with Crippen molar-refractivity contribution in [3.8, 4) is 0 Å². The molecular weight excluding hydrogens is 246 g/mol. The highest BCUT2D eigenvalue weighted by Crippen LogP contribution is 2.35. The number of aryl methyl sites for hydroxylation is 1. The Morgan fingerprint density at radius 1 is 1.58 bits per heavy atom. The predicted octanol–water partition coefficient (Wildman–Crippen LogP) is 1.71. The summed E-state index contributed by atoms with van der Waals surface area (Å²) in [6.45, 7) is 7.13. The first-order valence-corrected chi connectivity index (χ1v) is 6.72. The molecule has 0 radical (unpaired) electrons. The van der Waals surface area contributed by atoms with Gasteiger partial charge in [0.2, 0.25) is 5.89 Å². The maximum atomic E-state index is 11.5. The summed E-state index contributed by atoms with van der Waals surface area (Å²) in [6, 6.07) is -0.502. The number of aromatic nitrogens is 2. The zero-order valence-corrected chi connectivity index (χ0v) is 11.7. The number of nitrogens with zero attached hydrogens (tertiary/aromatic N) is 3. The molecule has 2 heterocycles. The number of carbonyl (C=O) groups is 1. The molecule has 0 aliphatic carbocycles. The van der Waals surface area contributed by atoms with Gasteiger partial charge in [0.05, 0.1) is 6.54 Å². The Bertz CT molecular complexity index is 456. The Balaban J connectivity index is 2.15. The van der Waals surface area contributed by atoms with Crippen molar-refractivity contribution in [3.63, 3.8) is 0 Å². The topological polar surface area (TPSA) is 79.5 Å². The average Bonchev–Trinajstić information content (AvgIpc) is 2.75. The largest absolute Gasteiger partial charge is 0.480 e. The van der Waals surface area contributed by atoms with E-state index in [1.807, 2.05) is 25.7 Å². The zero-order chi connectivity index (χ0) is 14.0. The number of aliphatic carboxylic acids is 1. The molecule has 0 aromatic carbocycles. The van der Waals surface area contributed by atoms with Gasteiger partial charge in [0, 0.05) is 6.42 Å². The highest BCUT2D eigenvalue weighted by molar-refractivity contribution is 5.74. The van der Waals surface area contributed by atoms with Crippen LogP contribution in [0.3, 0.4) is 0 Å². The molecule has 1 atom stereocenters. The highest BCUT2D eigenvalue weighted by atomic mass is 16.5. The van der Waals surface area contributed by atoms with Crippen molar-refractivity contribution in [2.75, 3.05) is 6.54 Å². The van der Waals surface area contributed by atoms with Gasteiger partial charge in [-0.15, -0.1) is 0 Å². The molecule has 2 rings (SSSR count). The minimum Gasteiger partial charge on any atom is -0.480 e.